The molecule has 1 aliphatic rings. The number of para-hydroxylation sites is 1. The third kappa shape index (κ3) is 5.73. The van der Waals surface area contributed by atoms with Gasteiger partial charge in [-0.3, -0.25) is 9.88 Å². The van der Waals surface area contributed by atoms with Crippen LogP contribution in [0.3, 0.4) is 0 Å². The topological polar surface area (TPSA) is 117 Å². The van der Waals surface area contributed by atoms with E-state index in [1.54, 1.807) is 28.8 Å². The van der Waals surface area contributed by atoms with Gasteiger partial charge in [0.15, 0.2) is 5.76 Å². The largest absolute Gasteiger partial charge is 0.366 e. The third-order valence-electron chi connectivity index (χ3n) is 7.18. The van der Waals surface area contributed by atoms with Crippen molar-refractivity contribution in [3.63, 3.8) is 0 Å². The first-order valence-corrected chi connectivity index (χ1v) is 15.7. The maximum atomic E-state index is 13.3. The lowest BCUT2D eigenvalue weighted by molar-refractivity contribution is 0.184. The van der Waals surface area contributed by atoms with Crippen molar-refractivity contribution in [3.8, 4) is 21.8 Å². The monoisotopic (exact) mass is 589 g/mol. The highest BCUT2D eigenvalue weighted by molar-refractivity contribution is 7.91. The molecule has 1 saturated heterocycles. The summed E-state index contributed by atoms with van der Waals surface area (Å²) in [5, 5.41) is 8.40. The standard InChI is InChI=1S/C29H31N7O3S2/c1-19-7-8-22(16-30-19)23-5-4-6-24-28(23)31-18-32-29(24)33-21(3)17-35-11-13-36(14-12-35)41(37,38)27-10-9-26(40-27)25-15-20(2)34-39-25/h4-10,15-16,18,21H,11-14,17H2,1-3H3,(H,31,32,33)/t21-/m0/s1. The molecule has 0 bridgehead atoms. The van der Waals surface area contributed by atoms with Gasteiger partial charge in [-0.1, -0.05) is 23.4 Å². The molecule has 5 aromatic rings. The summed E-state index contributed by atoms with van der Waals surface area (Å²) in [6.45, 7) is 8.86. The van der Waals surface area contributed by atoms with Crippen molar-refractivity contribution in [1.82, 2.24) is 29.3 Å². The summed E-state index contributed by atoms with van der Waals surface area (Å²) in [5.41, 5.74) is 4.63. The molecule has 6 rings (SSSR count). The average molecular weight is 590 g/mol. The van der Waals surface area contributed by atoms with Crippen molar-refractivity contribution in [2.45, 2.75) is 31.0 Å². The maximum Gasteiger partial charge on any atom is 0.252 e. The minimum absolute atomic E-state index is 0.0890. The molecule has 10 nitrogen and oxygen atoms in total. The zero-order chi connectivity index (χ0) is 28.6. The number of fused-ring (bicyclic) bond motifs is 1. The molecule has 12 heteroatoms. The van der Waals surface area contributed by atoms with Gasteiger partial charge in [0.1, 0.15) is 16.4 Å². The molecule has 212 valence electrons. The fourth-order valence-electron chi connectivity index (χ4n) is 5.08. The number of pyridine rings is 1. The zero-order valence-electron chi connectivity index (χ0n) is 23.1. The van der Waals surface area contributed by atoms with E-state index in [0.717, 1.165) is 50.7 Å². The van der Waals surface area contributed by atoms with Crippen LogP contribution in [0.25, 0.3) is 32.7 Å². The van der Waals surface area contributed by atoms with Crippen LogP contribution in [0, 0.1) is 13.8 Å². The van der Waals surface area contributed by atoms with E-state index >= 15 is 0 Å². The number of benzene rings is 1. The highest BCUT2D eigenvalue weighted by Gasteiger charge is 2.30. The number of piperazine rings is 1. The number of aryl methyl sites for hydroxylation is 2. The first-order chi connectivity index (χ1) is 19.8. The minimum Gasteiger partial charge on any atom is -0.366 e. The molecular weight excluding hydrogens is 558 g/mol. The summed E-state index contributed by atoms with van der Waals surface area (Å²) in [5.74, 6) is 1.36. The Kier molecular flexibility index (Phi) is 7.56. The van der Waals surface area contributed by atoms with Crippen LogP contribution in [-0.4, -0.2) is 76.5 Å². The van der Waals surface area contributed by atoms with Gasteiger partial charge in [-0.05, 0) is 45.0 Å². The number of rotatable bonds is 8. The summed E-state index contributed by atoms with van der Waals surface area (Å²) >= 11 is 1.21. The number of hydrogen-bond donors (Lipinski definition) is 1. The quantitative estimate of drug-likeness (QED) is 0.272. The second kappa shape index (κ2) is 11.3. The van der Waals surface area contributed by atoms with Gasteiger partial charge in [0.25, 0.3) is 10.0 Å². The van der Waals surface area contributed by atoms with Crippen LogP contribution in [0.4, 0.5) is 5.82 Å². The Hall–Kier alpha value is -3.71. The smallest absolute Gasteiger partial charge is 0.252 e. The fraction of sp³-hybridized carbons (Fsp3) is 0.310. The van der Waals surface area contributed by atoms with Crippen molar-refractivity contribution in [3.05, 3.63) is 72.4 Å². The van der Waals surface area contributed by atoms with Crippen LogP contribution in [0.1, 0.15) is 18.3 Å². The van der Waals surface area contributed by atoms with E-state index in [4.69, 9.17) is 4.52 Å². The van der Waals surface area contributed by atoms with Gasteiger partial charge < -0.3 is 9.84 Å². The van der Waals surface area contributed by atoms with Crippen molar-refractivity contribution >= 4 is 38.1 Å². The van der Waals surface area contributed by atoms with Crippen LogP contribution in [0.5, 0.6) is 0 Å². The molecule has 1 fully saturated rings. The molecule has 0 unspecified atom stereocenters. The normalized spacial score (nSPS) is 15.8. The van der Waals surface area contributed by atoms with E-state index in [-0.39, 0.29) is 6.04 Å². The second-order valence-corrected chi connectivity index (χ2v) is 13.6. The predicted molar refractivity (Wildman–Crippen MR) is 160 cm³/mol. The second-order valence-electron chi connectivity index (χ2n) is 10.3. The molecule has 0 radical (unpaired) electrons. The number of hydrogen-bond acceptors (Lipinski definition) is 10. The van der Waals surface area contributed by atoms with Gasteiger partial charge in [-0.25, -0.2) is 18.4 Å². The Bertz CT molecular complexity index is 1780. The number of nitrogens with one attached hydrogen (secondary N) is 1. The van der Waals surface area contributed by atoms with Crippen LogP contribution in [-0.2, 0) is 10.0 Å². The van der Waals surface area contributed by atoms with E-state index in [2.05, 4.69) is 49.4 Å². The van der Waals surface area contributed by atoms with Crippen molar-refractivity contribution in [2.24, 2.45) is 0 Å². The van der Waals surface area contributed by atoms with Crippen molar-refractivity contribution in [1.29, 1.82) is 0 Å². The zero-order valence-corrected chi connectivity index (χ0v) is 24.7. The summed E-state index contributed by atoms with van der Waals surface area (Å²) in [7, 11) is -3.57. The van der Waals surface area contributed by atoms with Gasteiger partial charge >= 0.3 is 0 Å². The summed E-state index contributed by atoms with van der Waals surface area (Å²) in [4.78, 5) is 16.6. The Morgan fingerprint density at radius 1 is 1.00 bits per heavy atom. The van der Waals surface area contributed by atoms with Gasteiger partial charge in [-0.2, -0.15) is 4.31 Å². The molecule has 0 saturated carbocycles. The Labute approximate surface area is 243 Å². The van der Waals surface area contributed by atoms with Crippen molar-refractivity contribution < 1.29 is 12.9 Å². The maximum absolute atomic E-state index is 13.3. The van der Waals surface area contributed by atoms with Gasteiger partial charge in [-0.15, -0.1) is 11.3 Å². The summed E-state index contributed by atoms with van der Waals surface area (Å²) in [6.07, 6.45) is 3.46. The Morgan fingerprint density at radius 2 is 1.83 bits per heavy atom. The number of aromatic nitrogens is 4. The van der Waals surface area contributed by atoms with Crippen LogP contribution >= 0.6 is 11.3 Å². The molecule has 0 aliphatic carbocycles. The molecule has 0 spiro atoms. The predicted octanol–water partition coefficient (Wildman–Crippen LogP) is 4.83. The fourth-order valence-corrected chi connectivity index (χ4v) is 7.91. The highest BCUT2D eigenvalue weighted by atomic mass is 32.2. The third-order valence-corrected chi connectivity index (χ3v) is 10.6. The molecular formula is C29H31N7O3S2. The number of sulfonamides is 1. The number of anilines is 1. The highest BCUT2D eigenvalue weighted by Crippen LogP contribution is 2.33. The van der Waals surface area contributed by atoms with E-state index in [1.807, 2.05) is 38.2 Å². The molecule has 1 atom stereocenters. The lowest BCUT2D eigenvalue weighted by atomic mass is 10.0. The SMILES string of the molecule is Cc1ccc(-c2cccc3c(N[C@@H](C)CN4CCN(S(=O)(=O)c5ccc(-c6cc(C)no6)s5)CC4)ncnc23)cn1. The Balaban J connectivity index is 1.09. The summed E-state index contributed by atoms with van der Waals surface area (Å²) < 4.78 is 33.8. The van der Waals surface area contributed by atoms with Gasteiger partial charge in [0.2, 0.25) is 0 Å². The Morgan fingerprint density at radius 3 is 2.56 bits per heavy atom. The lowest BCUT2D eigenvalue weighted by Crippen LogP contribution is -2.50. The van der Waals surface area contributed by atoms with Crippen LogP contribution in [0.15, 0.2) is 69.8 Å². The molecule has 0 amide bonds. The molecule has 1 aliphatic heterocycles. The molecule has 41 heavy (non-hydrogen) atoms. The average Bonchev–Trinajstić information content (AvgIpc) is 3.64. The van der Waals surface area contributed by atoms with E-state index in [0.29, 0.717) is 36.1 Å². The van der Waals surface area contributed by atoms with Gasteiger partial charge in [0.05, 0.1) is 16.1 Å². The van der Waals surface area contributed by atoms with E-state index in [1.165, 1.54) is 11.3 Å². The lowest BCUT2D eigenvalue weighted by Gasteiger charge is -2.35. The number of thiophene rings is 1. The minimum atomic E-state index is -3.57. The van der Waals surface area contributed by atoms with E-state index < -0.39 is 10.0 Å². The molecule has 4 aromatic heterocycles. The van der Waals surface area contributed by atoms with E-state index in [9.17, 15) is 8.42 Å². The van der Waals surface area contributed by atoms with Gasteiger partial charge in [0, 0.05) is 73.2 Å². The first-order valence-electron chi connectivity index (χ1n) is 13.5. The van der Waals surface area contributed by atoms with Crippen molar-refractivity contribution in [2.75, 3.05) is 38.0 Å². The number of nitrogens with zero attached hydrogens (tertiary/aromatic N) is 6. The summed E-state index contributed by atoms with van der Waals surface area (Å²) in [6, 6.07) is 15.5. The first kappa shape index (κ1) is 27.5. The molecule has 1 N–H and O–H groups in total. The van der Waals surface area contributed by atoms with Crippen LogP contribution < -0.4 is 5.32 Å². The molecule has 5 heterocycles. The molecule has 1 aromatic carbocycles. The van der Waals surface area contributed by atoms with Crippen LogP contribution in [0.2, 0.25) is 0 Å².